The van der Waals surface area contributed by atoms with Gasteiger partial charge in [0.1, 0.15) is 4.90 Å². The number of anilines is 1. The van der Waals surface area contributed by atoms with Crippen LogP contribution in [0.25, 0.3) is 0 Å². The highest BCUT2D eigenvalue weighted by Crippen LogP contribution is 2.20. The molecule has 0 aliphatic rings. The Bertz CT molecular complexity index is 764. The molecule has 0 fully saturated rings. The quantitative estimate of drug-likeness (QED) is 0.896. The van der Waals surface area contributed by atoms with Crippen LogP contribution in [0.5, 0.6) is 0 Å². The number of hydrogen-bond donors (Lipinski definition) is 2. The Hall–Kier alpha value is -2.36. The summed E-state index contributed by atoms with van der Waals surface area (Å²) in [4.78, 5) is 0.0523. The fraction of sp³-hybridized carbons (Fsp3) is 0.0714. The first kappa shape index (κ1) is 14.1. The van der Waals surface area contributed by atoms with E-state index in [1.54, 1.807) is 36.4 Å². The van der Waals surface area contributed by atoms with Gasteiger partial charge in [-0.2, -0.15) is 5.26 Å². The van der Waals surface area contributed by atoms with E-state index in [-0.39, 0.29) is 4.90 Å². The number of nitrogens with one attached hydrogen (secondary N) is 1. The number of para-hydroxylation sites is 1. The summed E-state index contributed by atoms with van der Waals surface area (Å²) in [6.07, 6.45) is 0. The van der Waals surface area contributed by atoms with Gasteiger partial charge in [0.25, 0.3) is 0 Å². The molecule has 0 saturated heterocycles. The van der Waals surface area contributed by atoms with Gasteiger partial charge in [0.2, 0.25) is 10.0 Å². The molecule has 3 N–H and O–H groups in total. The lowest BCUT2D eigenvalue weighted by atomic mass is 10.1. The average Bonchev–Trinajstić information content (AvgIpc) is 2.44. The van der Waals surface area contributed by atoms with E-state index < -0.39 is 10.0 Å². The second kappa shape index (κ2) is 5.74. The standard InChI is InChI=1S/C14H13N3O2S/c15-9-11-4-3-5-12(8-11)10-17-13-6-1-2-7-14(13)20(16,18)19/h1-8,17H,10H2,(H2,16,18,19). The van der Waals surface area contributed by atoms with Crippen molar-refractivity contribution in [2.75, 3.05) is 5.32 Å². The van der Waals surface area contributed by atoms with Crippen molar-refractivity contribution >= 4 is 15.7 Å². The fourth-order valence-electron chi connectivity index (χ4n) is 1.81. The number of hydrogen-bond acceptors (Lipinski definition) is 4. The molecule has 2 rings (SSSR count). The minimum absolute atomic E-state index is 0.0523. The Morgan fingerprint density at radius 2 is 1.90 bits per heavy atom. The third-order valence-electron chi connectivity index (χ3n) is 2.73. The molecule has 0 atom stereocenters. The van der Waals surface area contributed by atoms with Crippen molar-refractivity contribution in [2.24, 2.45) is 5.14 Å². The van der Waals surface area contributed by atoms with Crippen molar-refractivity contribution in [3.05, 3.63) is 59.7 Å². The third-order valence-corrected chi connectivity index (χ3v) is 3.70. The highest BCUT2D eigenvalue weighted by molar-refractivity contribution is 7.89. The first-order valence-corrected chi connectivity index (χ1v) is 7.40. The lowest BCUT2D eigenvalue weighted by Crippen LogP contribution is -2.15. The van der Waals surface area contributed by atoms with Crippen LogP contribution in [0.4, 0.5) is 5.69 Å². The van der Waals surface area contributed by atoms with Crippen molar-refractivity contribution in [3.8, 4) is 6.07 Å². The highest BCUT2D eigenvalue weighted by atomic mass is 32.2. The normalized spacial score (nSPS) is 10.8. The number of nitrogens with zero attached hydrogens (tertiary/aromatic N) is 1. The second-order valence-corrected chi connectivity index (χ2v) is 5.74. The summed E-state index contributed by atoms with van der Waals surface area (Å²) >= 11 is 0. The van der Waals surface area contributed by atoms with Crippen molar-refractivity contribution < 1.29 is 8.42 Å². The first-order valence-electron chi connectivity index (χ1n) is 5.85. The minimum atomic E-state index is -3.77. The summed E-state index contributed by atoms with van der Waals surface area (Å²) in [6.45, 7) is 0.405. The van der Waals surface area contributed by atoms with Crippen LogP contribution in [0.2, 0.25) is 0 Å². The molecule has 2 aromatic rings. The maximum atomic E-state index is 11.5. The SMILES string of the molecule is N#Cc1cccc(CNc2ccccc2S(N)(=O)=O)c1. The van der Waals surface area contributed by atoms with E-state index in [0.717, 1.165) is 5.56 Å². The monoisotopic (exact) mass is 287 g/mol. The maximum absolute atomic E-state index is 11.5. The molecule has 0 radical (unpaired) electrons. The smallest absolute Gasteiger partial charge is 0.240 e. The number of nitrogens with two attached hydrogens (primary N) is 1. The van der Waals surface area contributed by atoms with Gasteiger partial charge in [-0.05, 0) is 29.8 Å². The molecule has 0 aromatic heterocycles. The summed E-state index contributed by atoms with van der Waals surface area (Å²) in [6, 6.07) is 15.6. The zero-order chi connectivity index (χ0) is 14.6. The largest absolute Gasteiger partial charge is 0.380 e. The summed E-state index contributed by atoms with van der Waals surface area (Å²) in [5.41, 5.74) is 1.88. The van der Waals surface area contributed by atoms with Gasteiger partial charge in [0.15, 0.2) is 0 Å². The van der Waals surface area contributed by atoms with E-state index in [2.05, 4.69) is 11.4 Å². The zero-order valence-corrected chi connectivity index (χ0v) is 11.4. The second-order valence-electron chi connectivity index (χ2n) is 4.21. The molecule has 5 nitrogen and oxygen atoms in total. The van der Waals surface area contributed by atoms with E-state index in [1.165, 1.54) is 6.07 Å². The summed E-state index contributed by atoms with van der Waals surface area (Å²) in [5, 5.41) is 17.0. The Morgan fingerprint density at radius 3 is 2.60 bits per heavy atom. The van der Waals surface area contributed by atoms with E-state index in [1.807, 2.05) is 6.07 Å². The average molecular weight is 287 g/mol. The molecule has 20 heavy (non-hydrogen) atoms. The van der Waals surface area contributed by atoms with E-state index >= 15 is 0 Å². The molecule has 0 bridgehead atoms. The molecule has 0 amide bonds. The van der Waals surface area contributed by atoms with Crippen LogP contribution in [-0.4, -0.2) is 8.42 Å². The molecule has 0 heterocycles. The fourth-order valence-corrected chi connectivity index (χ4v) is 2.52. The number of sulfonamides is 1. The van der Waals surface area contributed by atoms with Gasteiger partial charge < -0.3 is 5.32 Å². The Balaban J connectivity index is 2.22. The summed E-state index contributed by atoms with van der Waals surface area (Å²) in [7, 11) is -3.77. The number of benzene rings is 2. The maximum Gasteiger partial charge on any atom is 0.240 e. The Morgan fingerprint density at radius 1 is 1.15 bits per heavy atom. The van der Waals surface area contributed by atoms with Crippen molar-refractivity contribution in [3.63, 3.8) is 0 Å². The Labute approximate surface area is 117 Å². The van der Waals surface area contributed by atoms with E-state index in [9.17, 15) is 8.42 Å². The molecule has 0 aliphatic carbocycles. The molecule has 0 spiro atoms. The minimum Gasteiger partial charge on any atom is -0.380 e. The van der Waals surface area contributed by atoms with Crippen molar-refractivity contribution in [1.82, 2.24) is 0 Å². The lowest BCUT2D eigenvalue weighted by molar-refractivity contribution is 0.598. The molecule has 0 aliphatic heterocycles. The highest BCUT2D eigenvalue weighted by Gasteiger charge is 2.12. The number of nitriles is 1. The third kappa shape index (κ3) is 3.35. The molecular formula is C14H13N3O2S. The molecule has 6 heteroatoms. The predicted octanol–water partition coefficient (Wildman–Crippen LogP) is 1.82. The lowest BCUT2D eigenvalue weighted by Gasteiger charge is -2.10. The first-order chi connectivity index (χ1) is 9.50. The van der Waals surface area contributed by atoms with E-state index in [0.29, 0.717) is 17.8 Å². The molecule has 0 saturated carbocycles. The van der Waals surface area contributed by atoms with Crippen molar-refractivity contribution in [1.29, 1.82) is 5.26 Å². The summed E-state index contributed by atoms with van der Waals surface area (Å²) < 4.78 is 22.9. The van der Waals surface area contributed by atoms with Crippen LogP contribution < -0.4 is 10.5 Å². The van der Waals surface area contributed by atoms with Crippen LogP contribution in [0.15, 0.2) is 53.4 Å². The van der Waals surface area contributed by atoms with E-state index in [4.69, 9.17) is 10.4 Å². The van der Waals surface area contributed by atoms with Crippen LogP contribution in [0.3, 0.4) is 0 Å². The van der Waals surface area contributed by atoms with Crippen molar-refractivity contribution in [2.45, 2.75) is 11.4 Å². The van der Waals surface area contributed by atoms with Crippen LogP contribution in [0.1, 0.15) is 11.1 Å². The van der Waals surface area contributed by atoms with Gasteiger partial charge in [-0.3, -0.25) is 0 Å². The number of primary sulfonamides is 1. The van der Waals surface area contributed by atoms with Gasteiger partial charge in [-0.25, -0.2) is 13.6 Å². The van der Waals surface area contributed by atoms with Crippen LogP contribution in [-0.2, 0) is 16.6 Å². The predicted molar refractivity (Wildman–Crippen MR) is 76.3 cm³/mol. The van der Waals surface area contributed by atoms with Gasteiger partial charge in [-0.15, -0.1) is 0 Å². The van der Waals surface area contributed by atoms with Gasteiger partial charge >= 0.3 is 0 Å². The summed E-state index contributed by atoms with van der Waals surface area (Å²) in [5.74, 6) is 0. The van der Waals surface area contributed by atoms with Crippen LogP contribution >= 0.6 is 0 Å². The number of rotatable bonds is 4. The molecule has 102 valence electrons. The van der Waals surface area contributed by atoms with Gasteiger partial charge in [-0.1, -0.05) is 24.3 Å². The molecular weight excluding hydrogens is 274 g/mol. The van der Waals surface area contributed by atoms with Crippen LogP contribution in [0, 0.1) is 11.3 Å². The Kier molecular flexibility index (Phi) is 4.03. The zero-order valence-electron chi connectivity index (χ0n) is 10.6. The topological polar surface area (TPSA) is 96.0 Å². The molecule has 2 aromatic carbocycles. The van der Waals surface area contributed by atoms with Gasteiger partial charge in [0, 0.05) is 6.54 Å². The van der Waals surface area contributed by atoms with Gasteiger partial charge in [0.05, 0.1) is 17.3 Å². The molecule has 0 unspecified atom stereocenters.